The lowest BCUT2D eigenvalue weighted by Crippen LogP contribution is -2.20. The van der Waals surface area contributed by atoms with Gasteiger partial charge in [-0.2, -0.15) is 5.48 Å². The molecule has 1 N–H and O–H groups in total. The molecule has 2 rings (SSSR count). The maximum Gasteiger partial charge on any atom is 0.124 e. The van der Waals surface area contributed by atoms with Crippen LogP contribution in [0.2, 0.25) is 5.02 Å². The number of ether oxygens (including phenoxy) is 1. The number of rotatable bonds is 2. The van der Waals surface area contributed by atoms with Crippen molar-refractivity contribution in [3.05, 3.63) is 28.8 Å². The summed E-state index contributed by atoms with van der Waals surface area (Å²) in [7, 11) is 1.59. The van der Waals surface area contributed by atoms with Gasteiger partial charge in [0.25, 0.3) is 0 Å². The average molecular weight is 200 g/mol. The molecule has 1 unspecified atom stereocenters. The van der Waals surface area contributed by atoms with Crippen LogP contribution in [-0.4, -0.2) is 13.7 Å². The fourth-order valence-corrected chi connectivity index (χ4v) is 1.61. The van der Waals surface area contributed by atoms with Crippen LogP contribution in [0.5, 0.6) is 5.75 Å². The lowest BCUT2D eigenvalue weighted by Gasteiger charge is -2.08. The highest BCUT2D eigenvalue weighted by Gasteiger charge is 2.23. The van der Waals surface area contributed by atoms with Gasteiger partial charge in [-0.15, -0.1) is 0 Å². The average Bonchev–Trinajstić information content (AvgIpc) is 2.49. The van der Waals surface area contributed by atoms with Crippen LogP contribution >= 0.6 is 11.6 Å². The van der Waals surface area contributed by atoms with E-state index in [1.807, 2.05) is 18.2 Å². The summed E-state index contributed by atoms with van der Waals surface area (Å²) in [5.74, 6) is 0.874. The third-order valence-electron chi connectivity index (χ3n) is 2.01. The molecule has 0 bridgehead atoms. The fraction of sp³-hybridized carbons (Fsp3) is 0.333. The van der Waals surface area contributed by atoms with Gasteiger partial charge in [-0.25, -0.2) is 0 Å². The van der Waals surface area contributed by atoms with Crippen LogP contribution < -0.4 is 10.2 Å². The molecule has 0 aromatic heterocycles. The van der Waals surface area contributed by atoms with Crippen LogP contribution in [0.15, 0.2) is 18.2 Å². The molecule has 0 spiro atoms. The van der Waals surface area contributed by atoms with Crippen LogP contribution in [-0.2, 0) is 4.84 Å². The van der Waals surface area contributed by atoms with Gasteiger partial charge in [0.05, 0.1) is 13.2 Å². The van der Waals surface area contributed by atoms with E-state index < -0.39 is 0 Å². The standard InChI is InChI=1S/C9H10ClNO2/c1-12-11-8-5-13-9-3-2-6(10)4-7(8)9/h2-4,8,11H,5H2,1H3. The van der Waals surface area contributed by atoms with Crippen LogP contribution in [0.25, 0.3) is 0 Å². The van der Waals surface area contributed by atoms with E-state index in [0.29, 0.717) is 11.6 Å². The first-order valence-corrected chi connectivity index (χ1v) is 4.40. The molecule has 0 fully saturated rings. The molecule has 1 aromatic carbocycles. The molecule has 0 saturated carbocycles. The number of fused-ring (bicyclic) bond motifs is 1. The van der Waals surface area contributed by atoms with Gasteiger partial charge in [0.2, 0.25) is 0 Å². The van der Waals surface area contributed by atoms with E-state index in [1.54, 1.807) is 7.11 Å². The van der Waals surface area contributed by atoms with Crippen molar-refractivity contribution in [2.24, 2.45) is 0 Å². The second-order valence-corrected chi connectivity index (χ2v) is 3.30. The Morgan fingerprint density at radius 3 is 3.23 bits per heavy atom. The lowest BCUT2D eigenvalue weighted by molar-refractivity contribution is 0.0536. The summed E-state index contributed by atoms with van der Waals surface area (Å²) < 4.78 is 5.42. The van der Waals surface area contributed by atoms with Gasteiger partial charge < -0.3 is 9.57 Å². The van der Waals surface area contributed by atoms with Gasteiger partial charge in [0.15, 0.2) is 0 Å². The summed E-state index contributed by atoms with van der Waals surface area (Å²) >= 11 is 5.86. The maximum absolute atomic E-state index is 5.86. The van der Waals surface area contributed by atoms with Crippen molar-refractivity contribution >= 4 is 11.6 Å². The van der Waals surface area contributed by atoms with Gasteiger partial charge in [-0.1, -0.05) is 11.6 Å². The highest BCUT2D eigenvalue weighted by Crippen LogP contribution is 2.33. The molecule has 1 heterocycles. The number of benzene rings is 1. The molecule has 0 saturated heterocycles. The normalized spacial score (nSPS) is 19.7. The van der Waals surface area contributed by atoms with Crippen molar-refractivity contribution in [2.45, 2.75) is 6.04 Å². The van der Waals surface area contributed by atoms with Gasteiger partial charge in [-0.3, -0.25) is 0 Å². The summed E-state index contributed by atoms with van der Waals surface area (Å²) in [6.07, 6.45) is 0. The topological polar surface area (TPSA) is 30.5 Å². The number of hydrogen-bond donors (Lipinski definition) is 1. The molecular weight excluding hydrogens is 190 g/mol. The molecule has 4 heteroatoms. The zero-order valence-electron chi connectivity index (χ0n) is 7.21. The Morgan fingerprint density at radius 2 is 2.46 bits per heavy atom. The first kappa shape index (κ1) is 8.81. The molecule has 1 atom stereocenters. The predicted molar refractivity (Wildman–Crippen MR) is 49.8 cm³/mol. The molecule has 3 nitrogen and oxygen atoms in total. The van der Waals surface area contributed by atoms with E-state index in [1.165, 1.54) is 0 Å². The smallest absolute Gasteiger partial charge is 0.124 e. The van der Waals surface area contributed by atoms with E-state index in [9.17, 15) is 0 Å². The molecule has 70 valence electrons. The van der Waals surface area contributed by atoms with E-state index in [0.717, 1.165) is 11.3 Å². The van der Waals surface area contributed by atoms with Crippen LogP contribution in [0.1, 0.15) is 11.6 Å². The van der Waals surface area contributed by atoms with E-state index in [4.69, 9.17) is 21.2 Å². The number of hydroxylamine groups is 1. The van der Waals surface area contributed by atoms with Crippen LogP contribution in [0, 0.1) is 0 Å². The third-order valence-corrected chi connectivity index (χ3v) is 2.25. The summed E-state index contributed by atoms with van der Waals surface area (Å²) in [5, 5.41) is 0.715. The zero-order chi connectivity index (χ0) is 9.26. The largest absolute Gasteiger partial charge is 0.491 e. The minimum absolute atomic E-state index is 0.0821. The molecule has 0 amide bonds. The third kappa shape index (κ3) is 1.63. The van der Waals surface area contributed by atoms with E-state index in [2.05, 4.69) is 5.48 Å². The molecule has 1 aliphatic heterocycles. The minimum Gasteiger partial charge on any atom is -0.491 e. The minimum atomic E-state index is 0.0821. The highest BCUT2D eigenvalue weighted by molar-refractivity contribution is 6.30. The summed E-state index contributed by atoms with van der Waals surface area (Å²) in [6, 6.07) is 5.66. The SMILES string of the molecule is CONC1COc2ccc(Cl)cc21. The Kier molecular flexibility index (Phi) is 2.40. The highest BCUT2D eigenvalue weighted by atomic mass is 35.5. The molecule has 13 heavy (non-hydrogen) atoms. The predicted octanol–water partition coefficient (Wildman–Crippen LogP) is 1.92. The zero-order valence-corrected chi connectivity index (χ0v) is 7.97. The molecule has 1 aromatic rings. The van der Waals surface area contributed by atoms with Gasteiger partial charge >= 0.3 is 0 Å². The monoisotopic (exact) mass is 199 g/mol. The molecule has 1 aliphatic rings. The van der Waals surface area contributed by atoms with E-state index in [-0.39, 0.29) is 6.04 Å². The molecule has 0 radical (unpaired) electrons. The Balaban J connectivity index is 2.29. The van der Waals surface area contributed by atoms with Crippen molar-refractivity contribution in [3.63, 3.8) is 0 Å². The van der Waals surface area contributed by atoms with E-state index >= 15 is 0 Å². The van der Waals surface area contributed by atoms with Crippen molar-refractivity contribution < 1.29 is 9.57 Å². The van der Waals surface area contributed by atoms with Crippen molar-refractivity contribution in [3.8, 4) is 5.75 Å². The quantitative estimate of drug-likeness (QED) is 0.739. The summed E-state index contributed by atoms with van der Waals surface area (Å²) in [6.45, 7) is 0.587. The van der Waals surface area contributed by atoms with Crippen LogP contribution in [0.3, 0.4) is 0 Å². The molecular formula is C9H10ClNO2. The molecule has 0 aliphatic carbocycles. The Bertz CT molecular complexity index is 314. The Morgan fingerprint density at radius 1 is 1.62 bits per heavy atom. The summed E-state index contributed by atoms with van der Waals surface area (Å²) in [4.78, 5) is 4.85. The second-order valence-electron chi connectivity index (χ2n) is 2.87. The van der Waals surface area contributed by atoms with Crippen LogP contribution in [0.4, 0.5) is 0 Å². The van der Waals surface area contributed by atoms with Crippen molar-refractivity contribution in [2.75, 3.05) is 13.7 Å². The number of halogens is 1. The van der Waals surface area contributed by atoms with Crippen molar-refractivity contribution in [1.29, 1.82) is 0 Å². The van der Waals surface area contributed by atoms with Gasteiger partial charge in [-0.05, 0) is 18.2 Å². The first-order chi connectivity index (χ1) is 6.31. The first-order valence-electron chi connectivity index (χ1n) is 4.02. The number of nitrogens with one attached hydrogen (secondary N) is 1. The van der Waals surface area contributed by atoms with Crippen molar-refractivity contribution in [1.82, 2.24) is 5.48 Å². The Hall–Kier alpha value is -0.770. The fourth-order valence-electron chi connectivity index (χ4n) is 1.43. The van der Waals surface area contributed by atoms with Gasteiger partial charge in [0.1, 0.15) is 12.4 Å². The maximum atomic E-state index is 5.86. The van der Waals surface area contributed by atoms with Gasteiger partial charge in [0, 0.05) is 10.6 Å². The number of hydrogen-bond acceptors (Lipinski definition) is 3. The Labute approximate surface area is 81.6 Å². The lowest BCUT2D eigenvalue weighted by atomic mass is 10.1. The summed E-state index contributed by atoms with van der Waals surface area (Å²) in [5.41, 5.74) is 3.89. The second kappa shape index (κ2) is 3.54.